The van der Waals surface area contributed by atoms with Gasteiger partial charge in [-0.2, -0.15) is 0 Å². The first-order valence-electron chi connectivity index (χ1n) is 10.0. The van der Waals surface area contributed by atoms with Crippen LogP contribution in [0.25, 0.3) is 0 Å². The molecule has 0 spiro atoms. The summed E-state index contributed by atoms with van der Waals surface area (Å²) in [6.45, 7) is 8.63. The Labute approximate surface area is 178 Å². The van der Waals surface area contributed by atoms with Crippen molar-refractivity contribution < 1.29 is 4.79 Å². The number of carbonyl (C=O) groups excluding carboxylic acids is 1. The van der Waals surface area contributed by atoms with Crippen molar-refractivity contribution in [3.8, 4) is 0 Å². The molecule has 29 heavy (non-hydrogen) atoms. The van der Waals surface area contributed by atoms with Gasteiger partial charge in [0, 0.05) is 16.2 Å². The maximum absolute atomic E-state index is 12.6. The van der Waals surface area contributed by atoms with Gasteiger partial charge < -0.3 is 5.32 Å². The van der Waals surface area contributed by atoms with Crippen molar-refractivity contribution >= 4 is 17.7 Å². The minimum atomic E-state index is -0.0420. The number of hydrogen-bond donors (Lipinski definition) is 1. The molecule has 0 aromatic heterocycles. The third kappa shape index (κ3) is 5.98. The van der Waals surface area contributed by atoms with Crippen LogP contribution in [0.2, 0.25) is 0 Å². The molecule has 0 heterocycles. The Kier molecular flexibility index (Phi) is 6.81. The normalized spacial score (nSPS) is 12.4. The molecular formula is C26H29NOS. The van der Waals surface area contributed by atoms with Gasteiger partial charge in [0.05, 0.1) is 6.04 Å². The van der Waals surface area contributed by atoms with E-state index in [2.05, 4.69) is 62.5 Å². The summed E-state index contributed by atoms with van der Waals surface area (Å²) in [5.74, 6) is 0.849. The zero-order chi connectivity index (χ0) is 20.9. The fraction of sp³-hybridized carbons (Fsp3) is 0.269. The lowest BCUT2D eigenvalue weighted by atomic mass is 9.86. The molecule has 0 radical (unpaired) electrons. The van der Waals surface area contributed by atoms with E-state index in [0.29, 0.717) is 5.56 Å². The molecule has 0 aliphatic rings. The molecule has 1 amide bonds. The number of carbonyl (C=O) groups is 1. The van der Waals surface area contributed by atoms with E-state index in [0.717, 1.165) is 11.3 Å². The second kappa shape index (κ2) is 9.32. The van der Waals surface area contributed by atoms with Crippen LogP contribution in [0, 0.1) is 0 Å². The lowest BCUT2D eigenvalue weighted by Gasteiger charge is -2.20. The SMILES string of the molecule is C[C@@H](NC(=O)c1ccc(CSc2ccccc2)cc1)c1ccc(C(C)(C)C)cc1. The monoisotopic (exact) mass is 403 g/mol. The topological polar surface area (TPSA) is 29.1 Å². The van der Waals surface area contributed by atoms with Crippen molar-refractivity contribution in [2.45, 2.75) is 49.8 Å². The van der Waals surface area contributed by atoms with Crippen LogP contribution in [0.5, 0.6) is 0 Å². The van der Waals surface area contributed by atoms with E-state index in [1.54, 1.807) is 11.8 Å². The minimum absolute atomic E-state index is 0.0372. The van der Waals surface area contributed by atoms with Crippen molar-refractivity contribution in [3.63, 3.8) is 0 Å². The van der Waals surface area contributed by atoms with Gasteiger partial charge in [0.2, 0.25) is 0 Å². The lowest BCUT2D eigenvalue weighted by molar-refractivity contribution is 0.0940. The van der Waals surface area contributed by atoms with Gasteiger partial charge in [-0.1, -0.05) is 75.4 Å². The van der Waals surface area contributed by atoms with E-state index < -0.39 is 0 Å². The standard InChI is InChI=1S/C26H29NOS/c1-19(21-14-16-23(17-15-21)26(2,3)4)27-25(28)22-12-10-20(11-13-22)18-29-24-8-6-5-7-9-24/h5-17,19H,18H2,1-4H3,(H,27,28)/t19-/m1/s1. The minimum Gasteiger partial charge on any atom is -0.346 e. The summed E-state index contributed by atoms with van der Waals surface area (Å²) >= 11 is 1.80. The van der Waals surface area contributed by atoms with Crippen LogP contribution in [0.15, 0.2) is 83.8 Å². The predicted octanol–water partition coefficient (Wildman–Crippen LogP) is 6.77. The van der Waals surface area contributed by atoms with Crippen LogP contribution in [0.4, 0.5) is 0 Å². The van der Waals surface area contributed by atoms with Gasteiger partial charge in [-0.05, 0) is 53.3 Å². The number of amides is 1. The number of hydrogen-bond acceptors (Lipinski definition) is 2. The smallest absolute Gasteiger partial charge is 0.251 e. The Hall–Kier alpha value is -2.52. The first-order chi connectivity index (χ1) is 13.8. The van der Waals surface area contributed by atoms with Gasteiger partial charge in [-0.3, -0.25) is 4.79 Å². The zero-order valence-electron chi connectivity index (χ0n) is 17.6. The third-order valence-corrected chi connectivity index (χ3v) is 6.07. The molecule has 0 fully saturated rings. The largest absolute Gasteiger partial charge is 0.346 e. The van der Waals surface area contributed by atoms with Crippen LogP contribution < -0.4 is 5.32 Å². The highest BCUT2D eigenvalue weighted by molar-refractivity contribution is 7.98. The molecule has 0 saturated carbocycles. The summed E-state index contributed by atoms with van der Waals surface area (Å²) in [6.07, 6.45) is 0. The van der Waals surface area contributed by atoms with Crippen molar-refractivity contribution in [3.05, 3.63) is 101 Å². The Balaban J connectivity index is 1.57. The number of nitrogens with one attached hydrogen (secondary N) is 1. The summed E-state index contributed by atoms with van der Waals surface area (Å²) in [7, 11) is 0. The molecule has 0 bridgehead atoms. The average Bonchev–Trinajstić information content (AvgIpc) is 2.73. The van der Waals surface area contributed by atoms with E-state index >= 15 is 0 Å². The van der Waals surface area contributed by atoms with Gasteiger partial charge in [-0.25, -0.2) is 0 Å². The molecule has 2 nitrogen and oxygen atoms in total. The van der Waals surface area contributed by atoms with E-state index in [1.165, 1.54) is 16.0 Å². The first kappa shape index (κ1) is 21.2. The highest BCUT2D eigenvalue weighted by Gasteiger charge is 2.15. The van der Waals surface area contributed by atoms with E-state index in [1.807, 2.05) is 49.4 Å². The van der Waals surface area contributed by atoms with Crippen LogP contribution in [-0.2, 0) is 11.2 Å². The van der Waals surface area contributed by atoms with Crippen molar-refractivity contribution in [2.24, 2.45) is 0 Å². The van der Waals surface area contributed by atoms with Crippen molar-refractivity contribution in [1.29, 1.82) is 0 Å². The number of rotatable bonds is 6. The molecule has 0 unspecified atom stereocenters. The van der Waals surface area contributed by atoms with E-state index in [9.17, 15) is 4.79 Å². The molecule has 3 heteroatoms. The average molecular weight is 404 g/mol. The van der Waals surface area contributed by atoms with Crippen LogP contribution in [0.3, 0.4) is 0 Å². The van der Waals surface area contributed by atoms with Gasteiger partial charge in [-0.15, -0.1) is 11.8 Å². The Morgan fingerprint density at radius 3 is 2.10 bits per heavy atom. The molecule has 150 valence electrons. The summed E-state index contributed by atoms with van der Waals surface area (Å²) in [4.78, 5) is 13.9. The second-order valence-corrected chi connectivity index (χ2v) is 9.41. The molecule has 1 atom stereocenters. The Morgan fingerprint density at radius 2 is 1.52 bits per heavy atom. The molecule has 0 aliphatic carbocycles. The first-order valence-corrected chi connectivity index (χ1v) is 11.0. The fourth-order valence-electron chi connectivity index (χ4n) is 3.07. The molecular weight excluding hydrogens is 374 g/mol. The molecule has 1 N–H and O–H groups in total. The van der Waals surface area contributed by atoms with Crippen LogP contribution >= 0.6 is 11.8 Å². The molecule has 0 saturated heterocycles. The predicted molar refractivity (Wildman–Crippen MR) is 123 cm³/mol. The molecule has 3 aromatic carbocycles. The zero-order valence-corrected chi connectivity index (χ0v) is 18.4. The van der Waals surface area contributed by atoms with Crippen LogP contribution in [0.1, 0.15) is 60.8 Å². The van der Waals surface area contributed by atoms with Crippen LogP contribution in [-0.4, -0.2) is 5.91 Å². The molecule has 0 aliphatic heterocycles. The lowest BCUT2D eigenvalue weighted by Crippen LogP contribution is -2.26. The van der Waals surface area contributed by atoms with E-state index in [-0.39, 0.29) is 17.4 Å². The highest BCUT2D eigenvalue weighted by Crippen LogP contribution is 2.25. The summed E-state index contributed by atoms with van der Waals surface area (Å²) in [5.41, 5.74) is 4.44. The van der Waals surface area contributed by atoms with Gasteiger partial charge >= 0.3 is 0 Å². The summed E-state index contributed by atoms with van der Waals surface area (Å²) in [5, 5.41) is 3.10. The summed E-state index contributed by atoms with van der Waals surface area (Å²) in [6, 6.07) is 26.7. The van der Waals surface area contributed by atoms with Crippen molar-refractivity contribution in [2.75, 3.05) is 0 Å². The van der Waals surface area contributed by atoms with Gasteiger partial charge in [0.25, 0.3) is 5.91 Å². The van der Waals surface area contributed by atoms with Gasteiger partial charge in [0.1, 0.15) is 0 Å². The maximum atomic E-state index is 12.6. The van der Waals surface area contributed by atoms with Gasteiger partial charge in [0.15, 0.2) is 0 Å². The fourth-order valence-corrected chi connectivity index (χ4v) is 3.95. The second-order valence-electron chi connectivity index (χ2n) is 8.37. The Bertz CT molecular complexity index is 925. The number of benzene rings is 3. The molecule has 3 aromatic rings. The quantitative estimate of drug-likeness (QED) is 0.460. The van der Waals surface area contributed by atoms with E-state index in [4.69, 9.17) is 0 Å². The molecule has 3 rings (SSSR count). The third-order valence-electron chi connectivity index (χ3n) is 4.99. The highest BCUT2D eigenvalue weighted by atomic mass is 32.2. The Morgan fingerprint density at radius 1 is 0.897 bits per heavy atom. The summed E-state index contributed by atoms with van der Waals surface area (Å²) < 4.78 is 0. The number of thioether (sulfide) groups is 1. The van der Waals surface area contributed by atoms with Crippen molar-refractivity contribution in [1.82, 2.24) is 5.32 Å². The maximum Gasteiger partial charge on any atom is 0.251 e.